The van der Waals surface area contributed by atoms with E-state index >= 15 is 0 Å². The van der Waals surface area contributed by atoms with Gasteiger partial charge in [-0.2, -0.15) is 0 Å². The molecule has 1 fully saturated rings. The maximum Gasteiger partial charge on any atom is 0.191 e. The maximum absolute atomic E-state index is 5.53. The zero-order valence-corrected chi connectivity index (χ0v) is 20.0. The fourth-order valence-electron chi connectivity index (χ4n) is 2.95. The quantitative estimate of drug-likeness (QED) is 0.219. The van der Waals surface area contributed by atoms with Crippen molar-refractivity contribution in [2.24, 2.45) is 4.99 Å². The number of ether oxygens (including phenoxy) is 2. The molecular formula is C19H35IN4O2S. The van der Waals surface area contributed by atoms with Crippen molar-refractivity contribution in [2.75, 3.05) is 59.2 Å². The van der Waals surface area contributed by atoms with E-state index in [9.17, 15) is 0 Å². The van der Waals surface area contributed by atoms with E-state index in [1.807, 2.05) is 18.3 Å². The zero-order valence-electron chi connectivity index (χ0n) is 16.8. The third kappa shape index (κ3) is 9.08. The van der Waals surface area contributed by atoms with Crippen LogP contribution in [0.2, 0.25) is 0 Å². The molecule has 1 unspecified atom stereocenters. The largest absolute Gasteiger partial charge is 0.382 e. The van der Waals surface area contributed by atoms with Crippen LogP contribution in [0.25, 0.3) is 0 Å². The Hall–Kier alpha value is -0.420. The van der Waals surface area contributed by atoms with Crippen molar-refractivity contribution in [1.82, 2.24) is 15.5 Å². The van der Waals surface area contributed by atoms with E-state index in [1.165, 1.54) is 9.75 Å². The van der Waals surface area contributed by atoms with Crippen LogP contribution < -0.4 is 10.6 Å². The summed E-state index contributed by atoms with van der Waals surface area (Å²) in [5.74, 6) is 0.885. The van der Waals surface area contributed by atoms with Crippen molar-refractivity contribution in [2.45, 2.75) is 33.2 Å². The molecule has 2 heterocycles. The van der Waals surface area contributed by atoms with Crippen molar-refractivity contribution in [3.05, 3.63) is 21.9 Å². The third-order valence-electron chi connectivity index (χ3n) is 4.30. The number of hydrogen-bond donors (Lipinski definition) is 2. The Kier molecular flexibility index (Phi) is 13.3. The van der Waals surface area contributed by atoms with E-state index in [2.05, 4.69) is 41.5 Å². The zero-order chi connectivity index (χ0) is 18.6. The fourth-order valence-corrected chi connectivity index (χ4v) is 3.96. The minimum Gasteiger partial charge on any atom is -0.382 e. The summed E-state index contributed by atoms with van der Waals surface area (Å²) in [6.45, 7) is 13.9. The molecule has 1 aliphatic rings. The van der Waals surface area contributed by atoms with Gasteiger partial charge in [0.2, 0.25) is 0 Å². The monoisotopic (exact) mass is 510 g/mol. The van der Waals surface area contributed by atoms with E-state index in [-0.39, 0.29) is 24.0 Å². The van der Waals surface area contributed by atoms with Gasteiger partial charge in [0.25, 0.3) is 0 Å². The Morgan fingerprint density at radius 2 is 2.07 bits per heavy atom. The van der Waals surface area contributed by atoms with Crippen molar-refractivity contribution < 1.29 is 9.47 Å². The number of thiophene rings is 1. The molecular weight excluding hydrogens is 475 g/mol. The Bertz CT molecular complexity index is 536. The maximum atomic E-state index is 5.53. The van der Waals surface area contributed by atoms with Gasteiger partial charge in [0.05, 0.1) is 25.8 Å². The summed E-state index contributed by atoms with van der Waals surface area (Å²) >= 11 is 1.87. The summed E-state index contributed by atoms with van der Waals surface area (Å²) < 4.78 is 10.9. The molecule has 0 radical (unpaired) electrons. The highest BCUT2D eigenvalue weighted by Gasteiger charge is 2.23. The van der Waals surface area contributed by atoms with Gasteiger partial charge in [-0.15, -0.1) is 35.3 Å². The summed E-state index contributed by atoms with van der Waals surface area (Å²) in [6.07, 6.45) is 0.981. The Balaban J connectivity index is 0.00000364. The SMILES string of the molecule is CCNC(=NCC(c1ccc(C)s1)N1CCOCC1)NCCCOCC.I. The molecule has 0 bridgehead atoms. The minimum atomic E-state index is 0. The summed E-state index contributed by atoms with van der Waals surface area (Å²) in [5.41, 5.74) is 0. The third-order valence-corrected chi connectivity index (χ3v) is 5.41. The van der Waals surface area contributed by atoms with Gasteiger partial charge in [0.15, 0.2) is 5.96 Å². The number of aliphatic imine (C=N–C) groups is 1. The van der Waals surface area contributed by atoms with E-state index in [0.717, 1.165) is 71.5 Å². The van der Waals surface area contributed by atoms with E-state index in [1.54, 1.807) is 0 Å². The first kappa shape index (κ1) is 24.6. The van der Waals surface area contributed by atoms with Crippen molar-refractivity contribution >= 4 is 41.3 Å². The molecule has 6 nitrogen and oxygen atoms in total. The molecule has 1 aromatic rings. The second-order valence-corrected chi connectivity index (χ2v) is 7.63. The predicted octanol–water partition coefficient (Wildman–Crippen LogP) is 3.03. The van der Waals surface area contributed by atoms with Crippen LogP contribution in [0.4, 0.5) is 0 Å². The number of rotatable bonds is 10. The smallest absolute Gasteiger partial charge is 0.191 e. The van der Waals surface area contributed by atoms with Gasteiger partial charge in [-0.3, -0.25) is 9.89 Å². The molecule has 0 amide bonds. The lowest BCUT2D eigenvalue weighted by Crippen LogP contribution is -2.41. The van der Waals surface area contributed by atoms with Crippen LogP contribution >= 0.6 is 35.3 Å². The molecule has 1 aliphatic heterocycles. The Morgan fingerprint density at radius 1 is 1.30 bits per heavy atom. The molecule has 8 heteroatoms. The minimum absolute atomic E-state index is 0. The van der Waals surface area contributed by atoms with Crippen LogP contribution in [0, 0.1) is 6.92 Å². The summed E-state index contributed by atoms with van der Waals surface area (Å²) in [4.78, 5) is 10.1. The molecule has 27 heavy (non-hydrogen) atoms. The topological polar surface area (TPSA) is 58.1 Å². The number of morpholine rings is 1. The van der Waals surface area contributed by atoms with Crippen LogP contribution in [0.15, 0.2) is 17.1 Å². The summed E-state index contributed by atoms with van der Waals surface area (Å²) in [7, 11) is 0. The Morgan fingerprint density at radius 3 is 2.70 bits per heavy atom. The highest BCUT2D eigenvalue weighted by Crippen LogP contribution is 2.28. The highest BCUT2D eigenvalue weighted by molar-refractivity contribution is 14.0. The number of guanidine groups is 1. The standard InChI is InChI=1S/C19H34N4O2S.HI/c1-4-20-19(21-9-6-12-24-5-2)22-15-17(18-8-7-16(3)26-18)23-10-13-25-14-11-23;/h7-8,17H,4-6,9-15H2,1-3H3,(H2,20,21,22);1H. The van der Waals surface area contributed by atoms with Crippen LogP contribution in [0.1, 0.15) is 36.1 Å². The van der Waals surface area contributed by atoms with E-state index in [0.29, 0.717) is 6.04 Å². The van der Waals surface area contributed by atoms with Gasteiger partial charge in [0.1, 0.15) is 0 Å². The predicted molar refractivity (Wildman–Crippen MR) is 125 cm³/mol. The second-order valence-electron chi connectivity index (χ2n) is 6.31. The first-order valence-electron chi connectivity index (χ1n) is 9.72. The summed E-state index contributed by atoms with van der Waals surface area (Å²) in [5, 5.41) is 6.76. The number of nitrogens with one attached hydrogen (secondary N) is 2. The molecule has 2 rings (SSSR count). The summed E-state index contributed by atoms with van der Waals surface area (Å²) in [6, 6.07) is 4.77. The molecule has 1 atom stereocenters. The van der Waals surface area contributed by atoms with Crippen LogP contribution in [0.3, 0.4) is 0 Å². The van der Waals surface area contributed by atoms with Crippen molar-refractivity contribution in [1.29, 1.82) is 0 Å². The highest BCUT2D eigenvalue weighted by atomic mass is 127. The van der Waals surface area contributed by atoms with Gasteiger partial charge in [-0.25, -0.2) is 0 Å². The van der Waals surface area contributed by atoms with E-state index < -0.39 is 0 Å². The fraction of sp³-hybridized carbons (Fsp3) is 0.737. The lowest BCUT2D eigenvalue weighted by Gasteiger charge is -2.33. The number of hydrogen-bond acceptors (Lipinski definition) is 5. The second kappa shape index (κ2) is 14.6. The van der Waals surface area contributed by atoms with Gasteiger partial charge >= 0.3 is 0 Å². The molecule has 0 aromatic carbocycles. The van der Waals surface area contributed by atoms with Gasteiger partial charge in [-0.1, -0.05) is 0 Å². The number of aryl methyl sites for hydroxylation is 1. The Labute approximate surface area is 185 Å². The molecule has 0 spiro atoms. The molecule has 1 saturated heterocycles. The first-order chi connectivity index (χ1) is 12.7. The molecule has 0 aliphatic carbocycles. The first-order valence-corrected chi connectivity index (χ1v) is 10.5. The molecule has 1 aromatic heterocycles. The van der Waals surface area contributed by atoms with Crippen LogP contribution in [-0.2, 0) is 9.47 Å². The van der Waals surface area contributed by atoms with Crippen molar-refractivity contribution in [3.63, 3.8) is 0 Å². The van der Waals surface area contributed by atoms with E-state index in [4.69, 9.17) is 14.5 Å². The van der Waals surface area contributed by atoms with Crippen molar-refractivity contribution in [3.8, 4) is 0 Å². The molecule has 156 valence electrons. The molecule has 0 saturated carbocycles. The van der Waals surface area contributed by atoms with Gasteiger partial charge < -0.3 is 20.1 Å². The lowest BCUT2D eigenvalue weighted by atomic mass is 10.2. The molecule has 2 N–H and O–H groups in total. The number of nitrogens with zero attached hydrogens (tertiary/aromatic N) is 2. The van der Waals surface area contributed by atoms with Crippen LogP contribution in [-0.4, -0.2) is 70.0 Å². The number of halogens is 1. The normalized spacial score (nSPS) is 16.6. The van der Waals surface area contributed by atoms with Gasteiger partial charge in [-0.05, 0) is 39.3 Å². The van der Waals surface area contributed by atoms with Crippen LogP contribution in [0.5, 0.6) is 0 Å². The van der Waals surface area contributed by atoms with Gasteiger partial charge in [0, 0.05) is 49.1 Å². The average Bonchev–Trinajstić information content (AvgIpc) is 3.08. The average molecular weight is 510 g/mol. The lowest BCUT2D eigenvalue weighted by molar-refractivity contribution is 0.0186.